The first-order valence-electron chi connectivity index (χ1n) is 10.5. The molecule has 0 unspecified atom stereocenters. The van der Waals surface area contributed by atoms with Gasteiger partial charge in [0, 0.05) is 0 Å². The second-order valence-electron chi connectivity index (χ2n) is 7.97. The molecule has 2 aromatic rings. The third-order valence-corrected chi connectivity index (χ3v) is 6.16. The average molecular weight is 378 g/mol. The fraction of sp³-hybridized carbons (Fsp3) is 0.480. The molecule has 0 aliphatic heterocycles. The number of unbranched alkanes of at least 4 members (excludes halogenated alkanes) is 1. The molecule has 0 N–H and O–H groups in total. The lowest BCUT2D eigenvalue weighted by atomic mass is 9.77. The van der Waals surface area contributed by atoms with Gasteiger partial charge in [-0.15, -0.1) is 0 Å². The number of isothiocyanates is 1. The molecule has 1 aliphatic rings. The molecule has 1 nitrogen and oxygen atoms in total. The number of hydrogen-bond acceptors (Lipinski definition) is 2. The van der Waals surface area contributed by atoms with Crippen LogP contribution >= 0.6 is 12.2 Å². The topological polar surface area (TPSA) is 12.4 Å². The van der Waals surface area contributed by atoms with E-state index in [0.29, 0.717) is 0 Å². The van der Waals surface area contributed by atoms with Gasteiger partial charge >= 0.3 is 0 Å². The van der Waals surface area contributed by atoms with Gasteiger partial charge in [-0.25, -0.2) is 0 Å². The highest BCUT2D eigenvalue weighted by molar-refractivity contribution is 7.78. The predicted octanol–water partition coefficient (Wildman–Crippen LogP) is 7.67. The highest BCUT2D eigenvalue weighted by atomic mass is 32.1. The van der Waals surface area contributed by atoms with Crippen LogP contribution in [0.5, 0.6) is 0 Å². The molecular formula is C25H31NS. The molecule has 0 aromatic heterocycles. The van der Waals surface area contributed by atoms with Crippen LogP contribution in [-0.2, 0) is 12.8 Å². The predicted molar refractivity (Wildman–Crippen MR) is 119 cm³/mol. The van der Waals surface area contributed by atoms with E-state index in [1.54, 1.807) is 5.56 Å². The van der Waals surface area contributed by atoms with E-state index in [1.165, 1.54) is 68.9 Å². The highest BCUT2D eigenvalue weighted by Crippen LogP contribution is 2.37. The van der Waals surface area contributed by atoms with Crippen molar-refractivity contribution in [1.82, 2.24) is 0 Å². The van der Waals surface area contributed by atoms with Crippen LogP contribution in [0.3, 0.4) is 0 Å². The zero-order valence-electron chi connectivity index (χ0n) is 16.5. The molecular weight excluding hydrogens is 346 g/mol. The molecule has 0 atom stereocenters. The van der Waals surface area contributed by atoms with Gasteiger partial charge < -0.3 is 0 Å². The lowest BCUT2D eigenvalue weighted by Gasteiger charge is -2.29. The van der Waals surface area contributed by atoms with Crippen molar-refractivity contribution in [2.75, 3.05) is 0 Å². The van der Waals surface area contributed by atoms with Crippen LogP contribution in [0.2, 0.25) is 0 Å². The highest BCUT2D eigenvalue weighted by Gasteiger charge is 2.22. The van der Waals surface area contributed by atoms with E-state index >= 15 is 0 Å². The van der Waals surface area contributed by atoms with Crippen LogP contribution in [0.4, 0.5) is 5.69 Å². The number of nitrogens with zero attached hydrogens (tertiary/aromatic N) is 1. The van der Waals surface area contributed by atoms with Gasteiger partial charge in [0.15, 0.2) is 0 Å². The monoisotopic (exact) mass is 377 g/mol. The Morgan fingerprint density at radius 2 is 1.52 bits per heavy atom. The van der Waals surface area contributed by atoms with E-state index in [2.05, 4.69) is 65.7 Å². The largest absolute Gasteiger partial charge is 0.195 e. The number of aryl methyl sites for hydroxylation is 2. The van der Waals surface area contributed by atoms with E-state index in [0.717, 1.165) is 17.5 Å². The van der Waals surface area contributed by atoms with Crippen molar-refractivity contribution < 1.29 is 0 Å². The minimum absolute atomic E-state index is 0.772. The third kappa shape index (κ3) is 6.13. The van der Waals surface area contributed by atoms with E-state index in [9.17, 15) is 0 Å². The Hall–Kier alpha value is -1.76. The minimum Gasteiger partial charge on any atom is -0.195 e. The fourth-order valence-corrected chi connectivity index (χ4v) is 4.39. The van der Waals surface area contributed by atoms with Crippen LogP contribution in [0, 0.1) is 5.92 Å². The Balaban J connectivity index is 1.43. The van der Waals surface area contributed by atoms with Gasteiger partial charge in [-0.1, -0.05) is 49.7 Å². The average Bonchev–Trinajstić information content (AvgIpc) is 2.73. The summed E-state index contributed by atoms with van der Waals surface area (Å²) in [7, 11) is 0. The molecule has 27 heavy (non-hydrogen) atoms. The molecule has 1 fully saturated rings. The lowest BCUT2D eigenvalue weighted by Crippen LogP contribution is -2.14. The maximum atomic E-state index is 4.65. The van der Waals surface area contributed by atoms with Crippen molar-refractivity contribution in [3.8, 4) is 0 Å². The van der Waals surface area contributed by atoms with Crippen molar-refractivity contribution in [3.05, 3.63) is 65.2 Å². The summed E-state index contributed by atoms with van der Waals surface area (Å²) in [5.41, 5.74) is 5.36. The fourth-order valence-electron chi connectivity index (χ4n) is 4.28. The van der Waals surface area contributed by atoms with Gasteiger partial charge in [-0.3, -0.25) is 0 Å². The Bertz CT molecular complexity index is 733. The Labute approximate surface area is 169 Å². The van der Waals surface area contributed by atoms with E-state index in [4.69, 9.17) is 0 Å². The number of aliphatic imine (C=N–C) groups is 1. The zero-order valence-corrected chi connectivity index (χ0v) is 17.3. The Morgan fingerprint density at radius 3 is 2.15 bits per heavy atom. The molecule has 142 valence electrons. The van der Waals surface area contributed by atoms with Crippen molar-refractivity contribution in [1.29, 1.82) is 0 Å². The van der Waals surface area contributed by atoms with Gasteiger partial charge in [-0.05, 0) is 104 Å². The lowest BCUT2D eigenvalue weighted by molar-refractivity contribution is 0.310. The zero-order chi connectivity index (χ0) is 18.9. The third-order valence-electron chi connectivity index (χ3n) is 6.07. The number of benzene rings is 2. The van der Waals surface area contributed by atoms with E-state index in [-0.39, 0.29) is 0 Å². The van der Waals surface area contributed by atoms with Crippen molar-refractivity contribution in [2.45, 2.75) is 70.6 Å². The molecule has 1 saturated carbocycles. The summed E-state index contributed by atoms with van der Waals surface area (Å²) >= 11 is 4.65. The van der Waals surface area contributed by atoms with Gasteiger partial charge in [0.05, 0.1) is 10.8 Å². The van der Waals surface area contributed by atoms with E-state index < -0.39 is 0 Å². The van der Waals surface area contributed by atoms with Crippen LogP contribution in [0.1, 0.15) is 74.5 Å². The number of hydrogen-bond donors (Lipinski definition) is 0. The molecule has 3 rings (SSSR count). The summed E-state index contributed by atoms with van der Waals surface area (Å²) in [6, 6.07) is 17.9. The maximum absolute atomic E-state index is 4.65. The van der Waals surface area contributed by atoms with E-state index in [1.807, 2.05) is 12.1 Å². The number of thiocarbonyl (C=S) groups is 1. The molecule has 0 saturated heterocycles. The smallest absolute Gasteiger partial charge is 0.0739 e. The quantitative estimate of drug-likeness (QED) is 0.339. The molecule has 0 bridgehead atoms. The molecule has 0 heterocycles. The van der Waals surface area contributed by atoms with Crippen molar-refractivity contribution in [3.63, 3.8) is 0 Å². The summed E-state index contributed by atoms with van der Waals surface area (Å²) < 4.78 is 0. The second kappa shape index (κ2) is 10.5. The number of rotatable bonds is 8. The first-order chi connectivity index (χ1) is 13.3. The molecule has 1 aliphatic carbocycles. The van der Waals surface area contributed by atoms with Crippen LogP contribution in [0.15, 0.2) is 53.5 Å². The Morgan fingerprint density at radius 1 is 0.889 bits per heavy atom. The first kappa shape index (κ1) is 20.0. The first-order valence-corrected chi connectivity index (χ1v) is 10.9. The molecule has 0 spiro atoms. The molecule has 0 amide bonds. The van der Waals surface area contributed by atoms with Gasteiger partial charge in [0.25, 0.3) is 0 Å². The second-order valence-corrected chi connectivity index (χ2v) is 8.15. The summed E-state index contributed by atoms with van der Waals surface area (Å²) in [5.74, 6) is 1.65. The van der Waals surface area contributed by atoms with Crippen LogP contribution in [-0.4, -0.2) is 5.16 Å². The van der Waals surface area contributed by atoms with Crippen molar-refractivity contribution in [2.24, 2.45) is 10.9 Å². The standard InChI is InChI=1S/C25H31NS/c1-2-3-4-20-7-13-23(14-8-20)24-15-9-21(10-16-24)5-6-22-11-17-25(18-12-22)26-19-27/h7-8,11-14,17-18,21,24H,2-6,9-10,15-16H2,1H3. The molecule has 2 heteroatoms. The van der Waals surface area contributed by atoms with Gasteiger partial charge in [0.1, 0.15) is 0 Å². The SMILES string of the molecule is CCCCc1ccc(C2CCC(CCc3ccc(N=C=S)cc3)CC2)cc1. The molecule has 0 radical (unpaired) electrons. The summed E-state index contributed by atoms with van der Waals surface area (Å²) in [5, 5.41) is 2.42. The van der Waals surface area contributed by atoms with Crippen LogP contribution in [0.25, 0.3) is 0 Å². The normalized spacial score (nSPS) is 19.4. The summed E-state index contributed by atoms with van der Waals surface area (Å²) in [6.45, 7) is 2.26. The molecule has 2 aromatic carbocycles. The van der Waals surface area contributed by atoms with Gasteiger partial charge in [-0.2, -0.15) is 4.99 Å². The van der Waals surface area contributed by atoms with Crippen LogP contribution < -0.4 is 0 Å². The van der Waals surface area contributed by atoms with Gasteiger partial charge in [0.2, 0.25) is 0 Å². The maximum Gasteiger partial charge on any atom is 0.0739 e. The Kier molecular flexibility index (Phi) is 7.80. The summed E-state index contributed by atoms with van der Waals surface area (Å²) in [4.78, 5) is 4.02. The summed E-state index contributed by atoms with van der Waals surface area (Å²) in [6.07, 6.45) is 11.7. The van der Waals surface area contributed by atoms with Crippen molar-refractivity contribution >= 4 is 23.1 Å². The minimum atomic E-state index is 0.772.